The van der Waals surface area contributed by atoms with Gasteiger partial charge in [0.2, 0.25) is 0 Å². The Balaban J connectivity index is 0.000000309. The normalized spacial score (nSPS) is 13.6. The number of carboxylic acids is 2. The van der Waals surface area contributed by atoms with Gasteiger partial charge in [0.05, 0.1) is 23.9 Å². The number of hydrogen-bond donors (Lipinski definition) is 4. The molecule has 0 amide bonds. The van der Waals surface area contributed by atoms with Crippen LogP contribution >= 0.6 is 0 Å². The maximum absolute atomic E-state index is 13.2. The number of benzene rings is 3. The lowest BCUT2D eigenvalue weighted by Crippen LogP contribution is -2.31. The van der Waals surface area contributed by atoms with Crippen molar-refractivity contribution in [2.75, 3.05) is 0 Å². The van der Waals surface area contributed by atoms with Crippen molar-refractivity contribution in [1.82, 2.24) is 0 Å². The summed E-state index contributed by atoms with van der Waals surface area (Å²) in [6.07, 6.45) is -0.289. The number of aliphatic carboxylic acids is 2. The molecule has 2 unspecified atom stereocenters. The van der Waals surface area contributed by atoms with E-state index < -0.39 is 53.3 Å². The highest BCUT2D eigenvalue weighted by Crippen LogP contribution is 2.21. The Morgan fingerprint density at radius 1 is 0.698 bits per heavy atom. The molecule has 0 saturated carbocycles. The van der Waals surface area contributed by atoms with Crippen LogP contribution in [-0.4, -0.2) is 39.8 Å². The monoisotopic (exact) mass is 600 g/mol. The van der Waals surface area contributed by atoms with Crippen LogP contribution in [0.15, 0.2) is 66.7 Å². The molecule has 0 aliphatic rings. The van der Waals surface area contributed by atoms with Crippen molar-refractivity contribution in [3.63, 3.8) is 0 Å². The lowest BCUT2D eigenvalue weighted by atomic mass is 9.90. The zero-order chi connectivity index (χ0) is 32.3. The van der Waals surface area contributed by atoms with E-state index in [4.69, 9.17) is 16.6 Å². The molecule has 0 saturated heterocycles. The summed E-state index contributed by atoms with van der Waals surface area (Å²) >= 11 is 0. The standard InChI is InChI=1S/C18H17F2NO3.C14H18FNO3/c19-14-7-6-11(9-15(14)20)8-13(18(23)24)10-16(22)17(21)12-4-2-1-3-5-12;1-8-5-10(3-4-12(8)15)6-11(14(18)19)7-13(17)9(2)16/h1-7,9,13,17H,8,10,21H2,(H,23,24);3-5,9,11H,6-7,16H2,1-2H3,(H,18,19)/t13?,17-;9-,11?/m01/s1. The van der Waals surface area contributed by atoms with Crippen LogP contribution in [0.3, 0.4) is 0 Å². The van der Waals surface area contributed by atoms with Crippen LogP contribution in [0.2, 0.25) is 0 Å². The van der Waals surface area contributed by atoms with E-state index in [1.54, 1.807) is 43.3 Å². The van der Waals surface area contributed by atoms with Gasteiger partial charge in [-0.3, -0.25) is 19.2 Å². The molecule has 43 heavy (non-hydrogen) atoms. The first kappa shape index (κ1) is 34.8. The maximum atomic E-state index is 13.2. The molecule has 3 aromatic rings. The molecule has 0 aliphatic heterocycles. The molecule has 4 atom stereocenters. The average molecular weight is 601 g/mol. The number of rotatable bonds is 13. The van der Waals surface area contributed by atoms with E-state index >= 15 is 0 Å². The predicted molar refractivity (Wildman–Crippen MR) is 153 cm³/mol. The molecule has 3 aromatic carbocycles. The molecule has 3 rings (SSSR count). The smallest absolute Gasteiger partial charge is 0.307 e. The fourth-order valence-electron chi connectivity index (χ4n) is 4.21. The second-order valence-corrected chi connectivity index (χ2v) is 10.3. The molecule has 0 aromatic heterocycles. The van der Waals surface area contributed by atoms with Crippen LogP contribution in [0, 0.1) is 36.2 Å². The van der Waals surface area contributed by atoms with Gasteiger partial charge in [-0.2, -0.15) is 0 Å². The van der Waals surface area contributed by atoms with Crippen LogP contribution in [0.25, 0.3) is 0 Å². The fourth-order valence-corrected chi connectivity index (χ4v) is 4.21. The number of ketones is 2. The number of Topliss-reactive ketones (excluding diaryl/α,β-unsaturated/α-hetero) is 2. The van der Waals surface area contributed by atoms with Crippen LogP contribution < -0.4 is 11.5 Å². The lowest BCUT2D eigenvalue weighted by Gasteiger charge is -2.16. The first-order chi connectivity index (χ1) is 20.2. The number of halogens is 3. The number of nitrogens with two attached hydrogens (primary N) is 2. The van der Waals surface area contributed by atoms with E-state index in [1.807, 2.05) is 0 Å². The predicted octanol–water partition coefficient (Wildman–Crippen LogP) is 4.55. The van der Waals surface area contributed by atoms with E-state index in [9.17, 15) is 37.5 Å². The van der Waals surface area contributed by atoms with Crippen LogP contribution in [-0.2, 0) is 32.0 Å². The number of carbonyl (C=O) groups excluding carboxylic acids is 2. The molecule has 11 heteroatoms. The third-order valence-electron chi connectivity index (χ3n) is 6.78. The average Bonchev–Trinajstić information content (AvgIpc) is 2.96. The molecule has 0 spiro atoms. The number of aryl methyl sites for hydroxylation is 1. The van der Waals surface area contributed by atoms with Crippen molar-refractivity contribution < 1.29 is 42.6 Å². The van der Waals surface area contributed by atoms with Gasteiger partial charge in [-0.1, -0.05) is 48.5 Å². The summed E-state index contributed by atoms with van der Waals surface area (Å²) in [6.45, 7) is 3.14. The summed E-state index contributed by atoms with van der Waals surface area (Å²) in [4.78, 5) is 46.3. The molecule has 0 bridgehead atoms. The first-order valence-electron chi connectivity index (χ1n) is 13.5. The highest BCUT2D eigenvalue weighted by Gasteiger charge is 2.26. The van der Waals surface area contributed by atoms with Gasteiger partial charge in [-0.25, -0.2) is 13.2 Å². The van der Waals surface area contributed by atoms with E-state index in [1.165, 1.54) is 25.1 Å². The van der Waals surface area contributed by atoms with Gasteiger partial charge in [-0.05, 0) is 67.1 Å². The number of hydrogen-bond acceptors (Lipinski definition) is 6. The van der Waals surface area contributed by atoms with Crippen molar-refractivity contribution in [3.05, 3.63) is 106 Å². The minimum absolute atomic E-state index is 0.0835. The van der Waals surface area contributed by atoms with Gasteiger partial charge in [0.1, 0.15) is 11.6 Å². The molecule has 230 valence electrons. The van der Waals surface area contributed by atoms with Gasteiger partial charge < -0.3 is 21.7 Å². The summed E-state index contributed by atoms with van der Waals surface area (Å²) in [5.74, 6) is -7.22. The van der Waals surface area contributed by atoms with Gasteiger partial charge in [-0.15, -0.1) is 0 Å². The molecule has 0 radical (unpaired) electrons. The van der Waals surface area contributed by atoms with E-state index in [2.05, 4.69) is 0 Å². The molecule has 8 nitrogen and oxygen atoms in total. The molecule has 0 aliphatic carbocycles. The van der Waals surface area contributed by atoms with Crippen molar-refractivity contribution >= 4 is 23.5 Å². The number of carboxylic acid groups (broad SMARTS) is 2. The second-order valence-electron chi connectivity index (χ2n) is 10.3. The zero-order valence-corrected chi connectivity index (χ0v) is 23.8. The molecular formula is C32H35F3N2O6. The maximum Gasteiger partial charge on any atom is 0.307 e. The Morgan fingerprint density at radius 2 is 1.19 bits per heavy atom. The summed E-state index contributed by atoms with van der Waals surface area (Å²) in [5, 5.41) is 18.4. The Hall–Kier alpha value is -4.35. The quantitative estimate of drug-likeness (QED) is 0.222. The molecule has 0 heterocycles. The minimum Gasteiger partial charge on any atom is -0.481 e. The van der Waals surface area contributed by atoms with Gasteiger partial charge in [0.25, 0.3) is 0 Å². The molecular weight excluding hydrogens is 565 g/mol. The summed E-state index contributed by atoms with van der Waals surface area (Å²) in [7, 11) is 0. The van der Waals surface area contributed by atoms with Gasteiger partial charge >= 0.3 is 11.9 Å². The molecule has 0 fully saturated rings. The van der Waals surface area contributed by atoms with Crippen LogP contribution in [0.1, 0.15) is 48.1 Å². The summed E-state index contributed by atoms with van der Waals surface area (Å²) in [6, 6.07) is 14.6. The van der Waals surface area contributed by atoms with Crippen molar-refractivity contribution in [2.45, 2.75) is 51.6 Å². The third-order valence-corrected chi connectivity index (χ3v) is 6.78. The Bertz CT molecular complexity index is 1430. The second kappa shape index (κ2) is 16.3. The topological polar surface area (TPSA) is 161 Å². The summed E-state index contributed by atoms with van der Waals surface area (Å²) < 4.78 is 39.3. The van der Waals surface area contributed by atoms with Crippen molar-refractivity contribution in [2.24, 2.45) is 23.3 Å². The Labute approximate surface area is 247 Å². The highest BCUT2D eigenvalue weighted by atomic mass is 19.2. The first-order valence-corrected chi connectivity index (χ1v) is 13.5. The zero-order valence-electron chi connectivity index (χ0n) is 23.8. The Morgan fingerprint density at radius 3 is 1.65 bits per heavy atom. The van der Waals surface area contributed by atoms with Crippen LogP contribution in [0.4, 0.5) is 13.2 Å². The Kier molecular flexibility index (Phi) is 13.2. The van der Waals surface area contributed by atoms with Gasteiger partial charge in [0, 0.05) is 12.8 Å². The van der Waals surface area contributed by atoms with Crippen molar-refractivity contribution in [3.8, 4) is 0 Å². The SMILES string of the molecule is Cc1cc(CC(CC(=O)[C@@H](C)N)C(=O)O)ccc1F.N[C@H](C(=O)CC(Cc1ccc(F)c(F)c1)C(=O)O)c1ccccc1. The molecule has 6 N–H and O–H groups in total. The van der Waals surface area contributed by atoms with E-state index in [-0.39, 0.29) is 37.3 Å². The van der Waals surface area contributed by atoms with Crippen molar-refractivity contribution in [1.29, 1.82) is 0 Å². The van der Waals surface area contributed by atoms with E-state index in [0.29, 0.717) is 22.3 Å². The van der Waals surface area contributed by atoms with Crippen LogP contribution in [0.5, 0.6) is 0 Å². The highest BCUT2D eigenvalue weighted by molar-refractivity contribution is 5.89. The number of carbonyl (C=O) groups is 4. The third kappa shape index (κ3) is 11.1. The van der Waals surface area contributed by atoms with E-state index in [0.717, 1.165) is 12.1 Å². The van der Waals surface area contributed by atoms with Gasteiger partial charge in [0.15, 0.2) is 17.4 Å². The minimum atomic E-state index is -1.19. The largest absolute Gasteiger partial charge is 0.481 e. The lowest BCUT2D eigenvalue weighted by molar-refractivity contribution is -0.144. The summed E-state index contributed by atoms with van der Waals surface area (Å²) in [5.41, 5.74) is 13.4. The fraction of sp³-hybridized carbons (Fsp3) is 0.312.